The summed E-state index contributed by atoms with van der Waals surface area (Å²) in [4.78, 5) is 53.3. The normalized spacial score (nSPS) is 18.5. The first-order valence-corrected chi connectivity index (χ1v) is 11.0. The molecule has 1 unspecified atom stereocenters. The van der Waals surface area contributed by atoms with Gasteiger partial charge in [0, 0.05) is 39.3 Å². The lowest BCUT2D eigenvalue weighted by molar-refractivity contribution is 0.0161. The number of nitrogens with zero attached hydrogens (tertiary/aromatic N) is 5. The number of rotatable bonds is 3. The van der Waals surface area contributed by atoms with Crippen LogP contribution in [0, 0.1) is 0 Å². The maximum absolute atomic E-state index is 13.3. The SMILES string of the molecule is CCN(CC)C12C=Cc3c(oc4c3c(=O)n(C)c(=O)n4C)C=C1c1c(n(C)c(=O)n(C)c1=O)O2. The lowest BCUT2D eigenvalue weighted by Gasteiger charge is -2.37. The van der Waals surface area contributed by atoms with Gasteiger partial charge in [-0.2, -0.15) is 0 Å². The standard InChI is InChI=1S/C23H25N5O6/c1-7-28(8-2)23-10-9-12-14(33-19-15(12)17(29)24(3)21(31)26(19)5)11-13(23)16-18(30)25(4)22(32)27(6)20(16)34-23/h9-11H,7-8H2,1-6H3. The van der Waals surface area contributed by atoms with Crippen molar-refractivity contribution in [2.75, 3.05) is 13.1 Å². The summed E-state index contributed by atoms with van der Waals surface area (Å²) in [5.74, 6) is 0.486. The van der Waals surface area contributed by atoms with E-state index in [1.54, 1.807) is 25.3 Å². The Morgan fingerprint density at radius 1 is 0.882 bits per heavy atom. The van der Waals surface area contributed by atoms with Crippen LogP contribution in [0.5, 0.6) is 5.88 Å². The van der Waals surface area contributed by atoms with Gasteiger partial charge in [-0.25, -0.2) is 9.59 Å². The Labute approximate surface area is 193 Å². The molecule has 2 aliphatic rings. The fraction of sp³-hybridized carbons (Fsp3) is 0.391. The van der Waals surface area contributed by atoms with E-state index in [1.165, 1.54) is 30.3 Å². The average molecular weight is 467 g/mol. The van der Waals surface area contributed by atoms with E-state index in [9.17, 15) is 19.2 Å². The lowest BCUT2D eigenvalue weighted by Crippen LogP contribution is -2.50. The molecule has 1 aliphatic carbocycles. The molecule has 0 saturated carbocycles. The minimum atomic E-state index is -1.19. The van der Waals surface area contributed by atoms with E-state index in [2.05, 4.69) is 0 Å². The minimum Gasteiger partial charge on any atom is -0.448 e. The van der Waals surface area contributed by atoms with Crippen molar-refractivity contribution in [1.82, 2.24) is 23.2 Å². The second-order valence-electron chi connectivity index (χ2n) is 8.51. The molecule has 1 aliphatic heterocycles. The predicted molar refractivity (Wildman–Crippen MR) is 127 cm³/mol. The number of hydrogen-bond donors (Lipinski definition) is 0. The van der Waals surface area contributed by atoms with Gasteiger partial charge in [-0.3, -0.25) is 32.8 Å². The van der Waals surface area contributed by atoms with Crippen molar-refractivity contribution in [2.24, 2.45) is 28.2 Å². The molecule has 3 aromatic rings. The third-order valence-corrected chi connectivity index (χ3v) is 6.86. The van der Waals surface area contributed by atoms with E-state index in [0.29, 0.717) is 30.0 Å². The van der Waals surface area contributed by atoms with Gasteiger partial charge in [0.2, 0.25) is 17.3 Å². The summed E-state index contributed by atoms with van der Waals surface area (Å²) in [6.45, 7) is 5.10. The number of hydrogen-bond acceptors (Lipinski definition) is 7. The van der Waals surface area contributed by atoms with Gasteiger partial charge in [-0.1, -0.05) is 13.8 Å². The molecule has 0 amide bonds. The maximum atomic E-state index is 13.3. The van der Waals surface area contributed by atoms with Gasteiger partial charge in [-0.05, 0) is 31.3 Å². The monoisotopic (exact) mass is 467 g/mol. The zero-order chi connectivity index (χ0) is 24.7. The highest BCUT2D eigenvalue weighted by molar-refractivity contribution is 5.98. The number of ether oxygens (including phenoxy) is 1. The molecule has 1 atom stereocenters. The zero-order valence-electron chi connectivity index (χ0n) is 19.8. The predicted octanol–water partition coefficient (Wildman–Crippen LogP) is 0.226. The van der Waals surface area contributed by atoms with Crippen molar-refractivity contribution in [1.29, 1.82) is 0 Å². The van der Waals surface area contributed by atoms with E-state index in [1.807, 2.05) is 18.7 Å². The molecule has 0 radical (unpaired) electrons. The van der Waals surface area contributed by atoms with E-state index in [0.717, 1.165) is 9.13 Å². The Bertz CT molecular complexity index is 1690. The molecule has 3 aromatic heterocycles. The Balaban J connectivity index is 1.95. The first kappa shape index (κ1) is 22.0. The molecule has 0 spiro atoms. The highest BCUT2D eigenvalue weighted by atomic mass is 16.5. The summed E-state index contributed by atoms with van der Waals surface area (Å²) in [6, 6.07) is 0. The van der Waals surface area contributed by atoms with E-state index >= 15 is 0 Å². The van der Waals surface area contributed by atoms with Gasteiger partial charge in [0.05, 0.1) is 0 Å². The Hall–Kier alpha value is -3.86. The maximum Gasteiger partial charge on any atom is 0.333 e. The molecule has 0 fully saturated rings. The highest BCUT2D eigenvalue weighted by Crippen LogP contribution is 2.48. The van der Waals surface area contributed by atoms with Gasteiger partial charge < -0.3 is 9.15 Å². The van der Waals surface area contributed by atoms with Gasteiger partial charge in [0.1, 0.15) is 16.7 Å². The molecule has 11 nitrogen and oxygen atoms in total. The molecular formula is C23H25N5O6. The second-order valence-corrected chi connectivity index (χ2v) is 8.51. The van der Waals surface area contributed by atoms with Crippen LogP contribution in [0.3, 0.4) is 0 Å². The van der Waals surface area contributed by atoms with Crippen molar-refractivity contribution in [3.05, 3.63) is 64.6 Å². The summed E-state index contributed by atoms with van der Waals surface area (Å²) >= 11 is 0. The Kier molecular flexibility index (Phi) is 4.56. The van der Waals surface area contributed by atoms with Crippen LogP contribution >= 0.6 is 0 Å². The van der Waals surface area contributed by atoms with Gasteiger partial charge in [0.15, 0.2) is 0 Å². The summed E-state index contributed by atoms with van der Waals surface area (Å²) in [6.07, 6.45) is 5.18. The molecule has 178 valence electrons. The Morgan fingerprint density at radius 2 is 1.50 bits per heavy atom. The van der Waals surface area contributed by atoms with Crippen molar-refractivity contribution >= 4 is 28.8 Å². The van der Waals surface area contributed by atoms with Gasteiger partial charge >= 0.3 is 11.4 Å². The topological polar surface area (TPSA) is 114 Å². The molecule has 34 heavy (non-hydrogen) atoms. The minimum absolute atomic E-state index is 0.141. The van der Waals surface area contributed by atoms with Crippen LogP contribution < -0.4 is 27.2 Å². The first-order chi connectivity index (χ1) is 16.1. The van der Waals surface area contributed by atoms with Crippen LogP contribution in [0.1, 0.15) is 30.7 Å². The van der Waals surface area contributed by atoms with Crippen molar-refractivity contribution in [3.8, 4) is 5.88 Å². The molecular weight excluding hydrogens is 442 g/mol. The quantitative estimate of drug-likeness (QED) is 0.542. The average Bonchev–Trinajstić information content (AvgIpc) is 3.30. The van der Waals surface area contributed by atoms with Crippen LogP contribution in [0.25, 0.3) is 28.8 Å². The van der Waals surface area contributed by atoms with Crippen LogP contribution in [0.2, 0.25) is 0 Å². The largest absolute Gasteiger partial charge is 0.448 e. The molecule has 0 bridgehead atoms. The summed E-state index contributed by atoms with van der Waals surface area (Å²) < 4.78 is 17.1. The number of fused-ring (bicyclic) bond motifs is 6. The summed E-state index contributed by atoms with van der Waals surface area (Å²) in [7, 11) is 5.92. The number of aromatic nitrogens is 4. The Morgan fingerprint density at radius 3 is 2.15 bits per heavy atom. The van der Waals surface area contributed by atoms with Crippen molar-refractivity contribution < 1.29 is 9.15 Å². The second kappa shape index (κ2) is 7.07. The molecule has 0 saturated heterocycles. The summed E-state index contributed by atoms with van der Waals surface area (Å²) in [5, 5.41) is 0.260. The van der Waals surface area contributed by atoms with Crippen molar-refractivity contribution in [2.45, 2.75) is 19.6 Å². The molecule has 0 aromatic carbocycles. The molecule has 11 heteroatoms. The van der Waals surface area contributed by atoms with E-state index in [4.69, 9.17) is 9.15 Å². The van der Waals surface area contributed by atoms with Crippen molar-refractivity contribution in [3.63, 3.8) is 0 Å². The van der Waals surface area contributed by atoms with Gasteiger partial charge in [-0.15, -0.1) is 0 Å². The van der Waals surface area contributed by atoms with E-state index < -0.39 is 28.2 Å². The summed E-state index contributed by atoms with van der Waals surface area (Å²) in [5.41, 5.74) is -1.78. The number of aryl methyl sites for hydroxylation is 1. The third-order valence-electron chi connectivity index (χ3n) is 6.86. The lowest BCUT2D eigenvalue weighted by atomic mass is 9.96. The molecule has 0 N–H and O–H groups in total. The highest BCUT2D eigenvalue weighted by Gasteiger charge is 2.50. The third kappa shape index (κ3) is 2.50. The van der Waals surface area contributed by atoms with Gasteiger partial charge in [0.25, 0.3) is 11.1 Å². The fourth-order valence-electron chi connectivity index (χ4n) is 4.95. The molecule has 5 rings (SSSR count). The number of furan rings is 1. The number of likely N-dealkylation sites (N-methyl/N-ethyl adjacent to an activating group) is 1. The smallest absolute Gasteiger partial charge is 0.333 e. The zero-order valence-corrected chi connectivity index (χ0v) is 19.8. The fourth-order valence-corrected chi connectivity index (χ4v) is 4.95. The first-order valence-electron chi connectivity index (χ1n) is 11.0. The van der Waals surface area contributed by atoms with Crippen LogP contribution in [0.15, 0.2) is 29.7 Å². The van der Waals surface area contributed by atoms with Crippen LogP contribution in [-0.2, 0) is 28.2 Å². The van der Waals surface area contributed by atoms with E-state index in [-0.39, 0.29) is 22.5 Å². The van der Waals surface area contributed by atoms with Crippen LogP contribution in [-0.4, -0.2) is 42.0 Å². The molecule has 4 heterocycles. The van der Waals surface area contributed by atoms with Crippen LogP contribution in [0.4, 0.5) is 0 Å².